The van der Waals surface area contributed by atoms with Crippen LogP contribution < -0.4 is 5.32 Å². The maximum atomic E-state index is 3.89. The third-order valence-electron chi connectivity index (χ3n) is 4.47. The Morgan fingerprint density at radius 2 is 2.00 bits per heavy atom. The second-order valence-electron chi connectivity index (χ2n) is 6.21. The first kappa shape index (κ1) is 16.0. The Bertz CT molecular complexity index is 398. The molecule has 0 heterocycles. The van der Waals surface area contributed by atoms with Crippen molar-refractivity contribution in [3.8, 4) is 0 Å². The maximum absolute atomic E-state index is 3.89. The van der Waals surface area contributed by atoms with E-state index in [4.69, 9.17) is 0 Å². The smallest absolute Gasteiger partial charge is 0.0178 e. The highest BCUT2D eigenvalue weighted by Crippen LogP contribution is 2.38. The van der Waals surface area contributed by atoms with Gasteiger partial charge in [-0.3, -0.25) is 0 Å². The maximum Gasteiger partial charge on any atom is 0.0178 e. The number of halogens is 1. The van der Waals surface area contributed by atoms with E-state index < -0.39 is 0 Å². The van der Waals surface area contributed by atoms with Crippen LogP contribution in [0.2, 0.25) is 0 Å². The van der Waals surface area contributed by atoms with Crippen LogP contribution in [0, 0.1) is 0 Å². The summed E-state index contributed by atoms with van der Waals surface area (Å²) in [5.41, 5.74) is 1.50. The molecule has 1 aliphatic rings. The zero-order valence-corrected chi connectivity index (χ0v) is 14.5. The summed E-state index contributed by atoms with van der Waals surface area (Å²) < 4.78 is 1.21. The Hall–Kier alpha value is -0.340. The van der Waals surface area contributed by atoms with Crippen LogP contribution in [0.5, 0.6) is 0 Å². The molecule has 1 N–H and O–H groups in total. The summed E-state index contributed by atoms with van der Waals surface area (Å²) in [6.07, 6.45) is 9.27. The Labute approximate surface area is 132 Å². The topological polar surface area (TPSA) is 12.0 Å². The normalized spacial score (nSPS) is 23.4. The highest BCUT2D eigenvalue weighted by molar-refractivity contribution is 9.10. The molecule has 20 heavy (non-hydrogen) atoms. The molecular weight excluding hydrogens is 310 g/mol. The summed E-state index contributed by atoms with van der Waals surface area (Å²) in [4.78, 5) is 0. The van der Waals surface area contributed by atoms with Crippen molar-refractivity contribution >= 4 is 15.9 Å². The highest BCUT2D eigenvalue weighted by Gasteiger charge is 2.31. The Kier molecular flexibility index (Phi) is 6.57. The van der Waals surface area contributed by atoms with Crippen molar-refractivity contribution < 1.29 is 0 Å². The zero-order chi connectivity index (χ0) is 14.4. The van der Waals surface area contributed by atoms with Gasteiger partial charge in [-0.1, -0.05) is 61.2 Å². The molecule has 1 atom stereocenters. The zero-order valence-electron chi connectivity index (χ0n) is 12.9. The Balaban J connectivity index is 1.77. The summed E-state index contributed by atoms with van der Waals surface area (Å²) in [5, 5.41) is 3.89. The molecule has 2 heteroatoms. The molecule has 1 fully saturated rings. The van der Waals surface area contributed by atoms with Gasteiger partial charge in [0.25, 0.3) is 0 Å². The average Bonchev–Trinajstić information content (AvgIpc) is 2.39. The molecule has 0 spiro atoms. The minimum atomic E-state index is 0.743. The number of unbranched alkanes of at least 4 members (excludes halogenated alkanes) is 1. The van der Waals surface area contributed by atoms with Gasteiger partial charge in [0, 0.05) is 16.6 Å². The average molecular weight is 338 g/mol. The van der Waals surface area contributed by atoms with Crippen LogP contribution in [0.3, 0.4) is 0 Å². The minimum Gasteiger partial charge on any atom is -0.311 e. The fraction of sp³-hybridized carbons (Fsp3) is 0.667. The number of nitrogens with one attached hydrogen (secondary N) is 1. The molecule has 0 saturated heterocycles. The Morgan fingerprint density at radius 3 is 2.65 bits per heavy atom. The predicted molar refractivity (Wildman–Crippen MR) is 91.3 cm³/mol. The quantitative estimate of drug-likeness (QED) is 0.646. The first-order chi connectivity index (χ1) is 9.72. The number of hydrogen-bond acceptors (Lipinski definition) is 1. The summed E-state index contributed by atoms with van der Waals surface area (Å²) in [7, 11) is 0. The lowest BCUT2D eigenvalue weighted by Crippen LogP contribution is -2.45. The van der Waals surface area contributed by atoms with Gasteiger partial charge in [-0.15, -0.1) is 0 Å². The largest absolute Gasteiger partial charge is 0.311 e. The highest BCUT2D eigenvalue weighted by atomic mass is 79.9. The van der Waals surface area contributed by atoms with Crippen molar-refractivity contribution in [1.82, 2.24) is 5.32 Å². The monoisotopic (exact) mass is 337 g/mol. The third kappa shape index (κ3) is 4.60. The molecule has 1 aromatic rings. The number of rotatable bonds is 8. The van der Waals surface area contributed by atoms with Gasteiger partial charge in [0.15, 0.2) is 0 Å². The van der Waals surface area contributed by atoms with E-state index in [0.717, 1.165) is 18.0 Å². The van der Waals surface area contributed by atoms with Gasteiger partial charge >= 0.3 is 0 Å². The molecule has 1 unspecified atom stereocenters. The van der Waals surface area contributed by atoms with Crippen molar-refractivity contribution in [2.24, 2.45) is 0 Å². The molecule has 2 rings (SSSR count). The number of benzene rings is 1. The van der Waals surface area contributed by atoms with E-state index in [1.165, 1.54) is 55.0 Å². The summed E-state index contributed by atoms with van der Waals surface area (Å²) in [5.74, 6) is 0.762. The van der Waals surface area contributed by atoms with E-state index >= 15 is 0 Å². The van der Waals surface area contributed by atoms with Gasteiger partial charge in [0.05, 0.1) is 0 Å². The molecule has 1 aliphatic carbocycles. The lowest BCUT2D eigenvalue weighted by Gasteiger charge is -2.39. The molecule has 0 amide bonds. The van der Waals surface area contributed by atoms with Gasteiger partial charge in [-0.05, 0) is 49.3 Å². The van der Waals surface area contributed by atoms with Gasteiger partial charge < -0.3 is 5.32 Å². The van der Waals surface area contributed by atoms with E-state index in [0.29, 0.717) is 0 Å². The van der Waals surface area contributed by atoms with E-state index in [1.54, 1.807) is 0 Å². The van der Waals surface area contributed by atoms with Crippen molar-refractivity contribution in [3.63, 3.8) is 0 Å². The van der Waals surface area contributed by atoms with Crippen molar-refractivity contribution in [2.45, 2.75) is 76.8 Å². The Morgan fingerprint density at radius 1 is 1.20 bits per heavy atom. The fourth-order valence-electron chi connectivity index (χ4n) is 3.23. The molecule has 0 aromatic heterocycles. The molecule has 1 aromatic carbocycles. The van der Waals surface area contributed by atoms with Crippen molar-refractivity contribution in [2.75, 3.05) is 0 Å². The second-order valence-corrected chi connectivity index (χ2v) is 7.13. The predicted octanol–water partition coefficient (Wildman–Crippen LogP) is 5.64. The molecule has 0 radical (unpaired) electrons. The van der Waals surface area contributed by atoms with Gasteiger partial charge in [0.2, 0.25) is 0 Å². The van der Waals surface area contributed by atoms with Gasteiger partial charge in [-0.2, -0.15) is 0 Å². The first-order valence-electron chi connectivity index (χ1n) is 8.24. The van der Waals surface area contributed by atoms with E-state index in [9.17, 15) is 0 Å². The molecule has 1 nitrogen and oxygen atoms in total. The fourth-order valence-corrected chi connectivity index (χ4v) is 3.65. The molecular formula is C18H28BrN. The first-order valence-corrected chi connectivity index (χ1v) is 9.03. The van der Waals surface area contributed by atoms with Crippen LogP contribution >= 0.6 is 15.9 Å². The SMILES string of the molecule is CCCCC(CCC)NC1CC(c2cccc(Br)c2)C1. The lowest BCUT2D eigenvalue weighted by molar-refractivity contribution is 0.251. The van der Waals surface area contributed by atoms with Crippen LogP contribution in [-0.2, 0) is 0 Å². The van der Waals surface area contributed by atoms with Crippen LogP contribution in [0.15, 0.2) is 28.7 Å². The minimum absolute atomic E-state index is 0.743. The van der Waals surface area contributed by atoms with Crippen LogP contribution in [0.25, 0.3) is 0 Å². The molecule has 0 bridgehead atoms. The second kappa shape index (κ2) is 8.19. The van der Waals surface area contributed by atoms with Crippen molar-refractivity contribution in [3.05, 3.63) is 34.3 Å². The standard InChI is InChI=1S/C18H28BrN/c1-3-5-10-17(7-4-2)20-18-12-15(13-18)14-8-6-9-16(19)11-14/h6,8-9,11,15,17-18,20H,3-5,7,10,12-13H2,1-2H3. The lowest BCUT2D eigenvalue weighted by atomic mass is 9.75. The third-order valence-corrected chi connectivity index (χ3v) is 4.97. The summed E-state index contributed by atoms with van der Waals surface area (Å²) in [6, 6.07) is 10.3. The van der Waals surface area contributed by atoms with Crippen LogP contribution in [0.4, 0.5) is 0 Å². The van der Waals surface area contributed by atoms with Gasteiger partial charge in [0.1, 0.15) is 0 Å². The molecule has 112 valence electrons. The van der Waals surface area contributed by atoms with E-state index in [2.05, 4.69) is 59.4 Å². The summed E-state index contributed by atoms with van der Waals surface area (Å²) >= 11 is 3.57. The number of hydrogen-bond donors (Lipinski definition) is 1. The molecule has 0 aliphatic heterocycles. The van der Waals surface area contributed by atoms with E-state index in [-0.39, 0.29) is 0 Å². The van der Waals surface area contributed by atoms with Crippen LogP contribution in [-0.4, -0.2) is 12.1 Å². The molecule has 1 saturated carbocycles. The summed E-state index contributed by atoms with van der Waals surface area (Å²) in [6.45, 7) is 4.58. The van der Waals surface area contributed by atoms with Gasteiger partial charge in [-0.25, -0.2) is 0 Å². The van der Waals surface area contributed by atoms with E-state index in [1.807, 2.05) is 0 Å². The van der Waals surface area contributed by atoms with Crippen molar-refractivity contribution in [1.29, 1.82) is 0 Å². The van der Waals surface area contributed by atoms with Crippen LogP contribution in [0.1, 0.15) is 70.3 Å².